The number of amides is 2. The molecule has 2 amide bonds. The average molecular weight is 370 g/mol. The van der Waals surface area contributed by atoms with E-state index >= 15 is 0 Å². The quantitative estimate of drug-likeness (QED) is 0.828. The normalized spacial score (nSPS) is 33.8. The van der Waals surface area contributed by atoms with E-state index in [0.29, 0.717) is 24.3 Å². The maximum Gasteiger partial charge on any atom is 0.236 e. The van der Waals surface area contributed by atoms with Gasteiger partial charge in [-0.2, -0.15) is 0 Å². The van der Waals surface area contributed by atoms with Crippen LogP contribution in [0.4, 0.5) is 0 Å². The molecule has 2 aliphatic carbocycles. The summed E-state index contributed by atoms with van der Waals surface area (Å²) in [6, 6.07) is 0.240. The molecule has 0 spiro atoms. The van der Waals surface area contributed by atoms with Gasteiger partial charge in [-0.1, -0.05) is 32.1 Å². The SMILES string of the molecule is Cl.O=C(C1CC1C1CCCCC1)N1CCCC(N2CCNCC2=O)C1. The van der Waals surface area contributed by atoms with E-state index in [4.69, 9.17) is 0 Å². The standard InChI is InChI=1S/C19H31N3O2.ClH/c23-18-12-20-8-10-22(18)15-7-4-9-21(13-15)19(24)17-11-16(17)14-5-2-1-3-6-14;/h14-17,20H,1-13H2;1H. The van der Waals surface area contributed by atoms with Gasteiger partial charge in [0.2, 0.25) is 11.8 Å². The Hall–Kier alpha value is -0.810. The number of likely N-dealkylation sites (tertiary alicyclic amines) is 1. The molecule has 0 aromatic heterocycles. The monoisotopic (exact) mass is 369 g/mol. The number of piperidine rings is 1. The lowest BCUT2D eigenvalue weighted by atomic mass is 9.85. The zero-order valence-electron chi connectivity index (χ0n) is 15.1. The Morgan fingerprint density at radius 3 is 2.60 bits per heavy atom. The topological polar surface area (TPSA) is 52.7 Å². The van der Waals surface area contributed by atoms with Gasteiger partial charge in [-0.3, -0.25) is 9.59 Å². The highest BCUT2D eigenvalue weighted by atomic mass is 35.5. The molecule has 0 aromatic carbocycles. The Labute approximate surface area is 157 Å². The van der Waals surface area contributed by atoms with E-state index in [2.05, 4.69) is 10.2 Å². The summed E-state index contributed by atoms with van der Waals surface area (Å²) in [5.41, 5.74) is 0. The highest BCUT2D eigenvalue weighted by Crippen LogP contribution is 2.50. The summed E-state index contributed by atoms with van der Waals surface area (Å²) >= 11 is 0. The van der Waals surface area contributed by atoms with Crippen molar-refractivity contribution in [2.24, 2.45) is 17.8 Å². The van der Waals surface area contributed by atoms with Crippen LogP contribution in [-0.4, -0.2) is 60.4 Å². The van der Waals surface area contributed by atoms with Crippen LogP contribution in [0.2, 0.25) is 0 Å². The molecule has 3 unspecified atom stereocenters. The van der Waals surface area contributed by atoms with Crippen molar-refractivity contribution in [3.63, 3.8) is 0 Å². The van der Waals surface area contributed by atoms with E-state index in [1.165, 1.54) is 32.1 Å². The van der Waals surface area contributed by atoms with Crippen LogP contribution in [0.3, 0.4) is 0 Å². The third-order valence-corrected chi connectivity index (χ3v) is 6.69. The molecule has 2 saturated carbocycles. The number of hydrogen-bond acceptors (Lipinski definition) is 3. The Morgan fingerprint density at radius 2 is 1.84 bits per heavy atom. The van der Waals surface area contributed by atoms with E-state index in [0.717, 1.165) is 51.4 Å². The van der Waals surface area contributed by atoms with Crippen LogP contribution in [0.1, 0.15) is 51.4 Å². The van der Waals surface area contributed by atoms with Crippen LogP contribution in [0, 0.1) is 17.8 Å². The first-order valence-electron chi connectivity index (χ1n) is 10.0. The second-order valence-electron chi connectivity index (χ2n) is 8.25. The fourth-order valence-corrected chi connectivity index (χ4v) is 5.23. The zero-order chi connectivity index (χ0) is 16.5. The predicted molar refractivity (Wildman–Crippen MR) is 99.6 cm³/mol. The number of hydrogen-bond donors (Lipinski definition) is 1. The molecular weight excluding hydrogens is 338 g/mol. The van der Waals surface area contributed by atoms with Gasteiger partial charge in [0.05, 0.1) is 6.54 Å². The fourth-order valence-electron chi connectivity index (χ4n) is 5.23. The molecule has 1 N–H and O–H groups in total. The van der Waals surface area contributed by atoms with Crippen molar-refractivity contribution in [3.8, 4) is 0 Å². The zero-order valence-corrected chi connectivity index (χ0v) is 15.9. The van der Waals surface area contributed by atoms with Gasteiger partial charge in [-0.25, -0.2) is 0 Å². The molecule has 5 nitrogen and oxygen atoms in total. The molecule has 4 aliphatic rings. The van der Waals surface area contributed by atoms with Gasteiger partial charge in [0, 0.05) is 38.1 Å². The second-order valence-corrected chi connectivity index (χ2v) is 8.25. The molecule has 2 aliphatic heterocycles. The average Bonchev–Trinajstić information content (AvgIpc) is 3.43. The van der Waals surface area contributed by atoms with Gasteiger partial charge < -0.3 is 15.1 Å². The summed E-state index contributed by atoms with van der Waals surface area (Å²) in [6.45, 7) is 3.78. The van der Waals surface area contributed by atoms with Crippen molar-refractivity contribution >= 4 is 24.2 Å². The minimum atomic E-state index is 0. The van der Waals surface area contributed by atoms with Crippen molar-refractivity contribution in [1.82, 2.24) is 15.1 Å². The fraction of sp³-hybridized carbons (Fsp3) is 0.895. The van der Waals surface area contributed by atoms with Crippen LogP contribution in [0.25, 0.3) is 0 Å². The Kier molecular flexibility index (Phi) is 6.26. The van der Waals surface area contributed by atoms with E-state index in [9.17, 15) is 9.59 Å². The van der Waals surface area contributed by atoms with Crippen molar-refractivity contribution in [2.45, 2.75) is 57.4 Å². The van der Waals surface area contributed by atoms with E-state index in [1.807, 2.05) is 4.90 Å². The molecule has 4 rings (SSSR count). The molecule has 3 atom stereocenters. The van der Waals surface area contributed by atoms with Gasteiger partial charge in [-0.15, -0.1) is 12.4 Å². The summed E-state index contributed by atoms with van der Waals surface area (Å²) in [5, 5.41) is 3.14. The first kappa shape index (κ1) is 19.0. The third-order valence-electron chi connectivity index (χ3n) is 6.69. The summed E-state index contributed by atoms with van der Waals surface area (Å²) in [7, 11) is 0. The number of nitrogens with zero attached hydrogens (tertiary/aromatic N) is 2. The molecule has 25 heavy (non-hydrogen) atoms. The molecule has 4 fully saturated rings. The van der Waals surface area contributed by atoms with Crippen LogP contribution in [-0.2, 0) is 9.59 Å². The molecule has 2 saturated heterocycles. The lowest BCUT2D eigenvalue weighted by Crippen LogP contribution is -2.57. The Bertz CT molecular complexity index is 495. The second kappa shape index (κ2) is 8.26. The van der Waals surface area contributed by atoms with Crippen LogP contribution < -0.4 is 5.32 Å². The number of piperazine rings is 1. The van der Waals surface area contributed by atoms with Crippen LogP contribution >= 0.6 is 12.4 Å². The predicted octanol–water partition coefficient (Wildman–Crippen LogP) is 2.05. The van der Waals surface area contributed by atoms with Gasteiger partial charge in [-0.05, 0) is 31.1 Å². The molecule has 6 heteroatoms. The minimum absolute atomic E-state index is 0. The lowest BCUT2D eigenvalue weighted by molar-refractivity contribution is -0.141. The molecule has 2 heterocycles. The summed E-state index contributed by atoms with van der Waals surface area (Å²) < 4.78 is 0. The van der Waals surface area contributed by atoms with E-state index in [1.54, 1.807) is 0 Å². The largest absolute Gasteiger partial charge is 0.340 e. The van der Waals surface area contributed by atoms with Gasteiger partial charge in [0.25, 0.3) is 0 Å². The number of carbonyl (C=O) groups excluding carboxylic acids is 2. The van der Waals surface area contributed by atoms with Gasteiger partial charge >= 0.3 is 0 Å². The number of carbonyl (C=O) groups is 2. The van der Waals surface area contributed by atoms with E-state index < -0.39 is 0 Å². The van der Waals surface area contributed by atoms with Crippen molar-refractivity contribution in [3.05, 3.63) is 0 Å². The summed E-state index contributed by atoms with van der Waals surface area (Å²) in [4.78, 5) is 29.2. The lowest BCUT2D eigenvalue weighted by Gasteiger charge is -2.41. The van der Waals surface area contributed by atoms with Crippen LogP contribution in [0.15, 0.2) is 0 Å². The number of rotatable bonds is 3. The molecule has 142 valence electrons. The third kappa shape index (κ3) is 4.13. The highest BCUT2D eigenvalue weighted by molar-refractivity contribution is 5.85. The smallest absolute Gasteiger partial charge is 0.236 e. The first-order chi connectivity index (χ1) is 11.7. The van der Waals surface area contributed by atoms with Gasteiger partial charge in [0.1, 0.15) is 0 Å². The highest BCUT2D eigenvalue weighted by Gasteiger charge is 2.49. The molecular formula is C19H32ClN3O2. The molecule has 0 aromatic rings. The molecule has 0 radical (unpaired) electrons. The number of nitrogens with one attached hydrogen (secondary N) is 1. The summed E-state index contributed by atoms with van der Waals surface area (Å²) in [6.07, 6.45) is 9.99. The first-order valence-corrected chi connectivity index (χ1v) is 10.0. The van der Waals surface area contributed by atoms with Crippen LogP contribution in [0.5, 0.6) is 0 Å². The summed E-state index contributed by atoms with van der Waals surface area (Å²) in [5.74, 6) is 2.36. The maximum atomic E-state index is 12.9. The minimum Gasteiger partial charge on any atom is -0.340 e. The van der Waals surface area contributed by atoms with Crippen molar-refractivity contribution < 1.29 is 9.59 Å². The Balaban J connectivity index is 0.00000182. The van der Waals surface area contributed by atoms with E-state index in [-0.39, 0.29) is 24.4 Å². The van der Waals surface area contributed by atoms with Gasteiger partial charge in [0.15, 0.2) is 0 Å². The number of halogens is 1. The van der Waals surface area contributed by atoms with Crippen molar-refractivity contribution in [2.75, 3.05) is 32.7 Å². The van der Waals surface area contributed by atoms with Crippen molar-refractivity contribution in [1.29, 1.82) is 0 Å². The Morgan fingerprint density at radius 1 is 1.04 bits per heavy atom. The maximum absolute atomic E-state index is 12.9. The molecule has 0 bridgehead atoms.